The predicted octanol–water partition coefficient (Wildman–Crippen LogP) is 2.51. The number of carbonyl (C=O) groups is 2. The van der Waals surface area contributed by atoms with Crippen molar-refractivity contribution in [2.45, 2.75) is 6.04 Å². The van der Waals surface area contributed by atoms with E-state index in [1.165, 1.54) is 12.1 Å². The van der Waals surface area contributed by atoms with Crippen molar-refractivity contribution in [1.29, 1.82) is 0 Å². The number of hydrogen-bond acceptors (Lipinski definition) is 3. The molecule has 0 spiro atoms. The molecule has 0 aliphatic carbocycles. The maximum Gasteiger partial charge on any atom is 0.335 e. The van der Waals surface area contributed by atoms with Crippen LogP contribution in [0.25, 0.3) is 0 Å². The van der Waals surface area contributed by atoms with Gasteiger partial charge in [-0.15, -0.1) is 0 Å². The van der Waals surface area contributed by atoms with Crippen molar-refractivity contribution < 1.29 is 14.7 Å². The molecule has 5 nitrogen and oxygen atoms in total. The molecule has 1 amide bonds. The molecule has 124 valence electrons. The molecule has 1 atom stereocenters. The zero-order valence-corrected chi connectivity index (χ0v) is 13.6. The second-order valence-electron chi connectivity index (χ2n) is 6.07. The Labute approximate surface area is 141 Å². The van der Waals surface area contributed by atoms with Gasteiger partial charge in [0.05, 0.1) is 11.6 Å². The number of rotatable bonds is 3. The fourth-order valence-electron chi connectivity index (χ4n) is 3.07. The van der Waals surface area contributed by atoms with E-state index in [0.29, 0.717) is 12.1 Å². The quantitative estimate of drug-likeness (QED) is 0.942. The van der Waals surface area contributed by atoms with Crippen LogP contribution in [-0.2, 0) is 0 Å². The smallest absolute Gasteiger partial charge is 0.335 e. The van der Waals surface area contributed by atoms with Crippen LogP contribution >= 0.6 is 0 Å². The Morgan fingerprint density at radius 2 is 1.71 bits per heavy atom. The summed E-state index contributed by atoms with van der Waals surface area (Å²) < 4.78 is 0. The topological polar surface area (TPSA) is 60.9 Å². The molecule has 1 saturated heterocycles. The maximum absolute atomic E-state index is 13.0. The van der Waals surface area contributed by atoms with Gasteiger partial charge >= 0.3 is 5.97 Å². The fraction of sp³-hybridized carbons (Fsp3) is 0.263. The van der Waals surface area contributed by atoms with Crippen LogP contribution in [0.15, 0.2) is 54.6 Å². The highest BCUT2D eigenvalue weighted by atomic mass is 16.4. The molecule has 2 aromatic carbocycles. The summed E-state index contributed by atoms with van der Waals surface area (Å²) in [5.41, 5.74) is 1.64. The molecule has 1 heterocycles. The van der Waals surface area contributed by atoms with Crippen molar-refractivity contribution in [2.24, 2.45) is 0 Å². The Morgan fingerprint density at radius 3 is 2.42 bits per heavy atom. The fourth-order valence-corrected chi connectivity index (χ4v) is 3.07. The molecule has 1 unspecified atom stereocenters. The summed E-state index contributed by atoms with van der Waals surface area (Å²) in [6.07, 6.45) is 0. The van der Waals surface area contributed by atoms with Gasteiger partial charge in [0, 0.05) is 25.2 Å². The molecular weight excluding hydrogens is 304 g/mol. The summed E-state index contributed by atoms with van der Waals surface area (Å²) in [5, 5.41) is 9.13. The van der Waals surface area contributed by atoms with Crippen LogP contribution in [0, 0.1) is 0 Å². The first-order valence-corrected chi connectivity index (χ1v) is 7.94. The lowest BCUT2D eigenvalue weighted by Crippen LogP contribution is -2.49. The molecule has 1 fully saturated rings. The lowest BCUT2D eigenvalue weighted by Gasteiger charge is -2.40. The molecule has 0 saturated carbocycles. The zero-order valence-electron chi connectivity index (χ0n) is 13.6. The van der Waals surface area contributed by atoms with Gasteiger partial charge in [0.15, 0.2) is 0 Å². The number of carboxylic acids is 1. The normalized spacial score (nSPS) is 18.4. The second-order valence-corrected chi connectivity index (χ2v) is 6.07. The summed E-state index contributed by atoms with van der Waals surface area (Å²) in [6, 6.07) is 16.1. The van der Waals surface area contributed by atoms with Crippen LogP contribution in [-0.4, -0.2) is 53.5 Å². The number of benzene rings is 2. The molecule has 1 N–H and O–H groups in total. The minimum Gasteiger partial charge on any atom is -0.478 e. The van der Waals surface area contributed by atoms with E-state index in [9.17, 15) is 9.59 Å². The summed E-state index contributed by atoms with van der Waals surface area (Å²) in [7, 11) is 2.04. The summed E-state index contributed by atoms with van der Waals surface area (Å²) in [4.78, 5) is 28.2. The third-order valence-corrected chi connectivity index (χ3v) is 4.39. The molecule has 3 rings (SSSR count). The van der Waals surface area contributed by atoms with Crippen molar-refractivity contribution >= 4 is 11.9 Å². The molecule has 5 heteroatoms. The van der Waals surface area contributed by atoms with E-state index >= 15 is 0 Å². The minimum absolute atomic E-state index is 0.0362. The van der Waals surface area contributed by atoms with E-state index in [-0.39, 0.29) is 17.5 Å². The highest BCUT2D eigenvalue weighted by Gasteiger charge is 2.30. The van der Waals surface area contributed by atoms with Crippen molar-refractivity contribution in [2.75, 3.05) is 26.7 Å². The number of aromatic carboxylic acids is 1. The number of carbonyl (C=O) groups excluding carboxylic acids is 1. The number of likely N-dealkylation sites (N-methyl/N-ethyl adjacent to an activating group) is 1. The highest BCUT2D eigenvalue weighted by Crippen LogP contribution is 2.26. The van der Waals surface area contributed by atoms with Crippen LogP contribution in [0.3, 0.4) is 0 Å². The van der Waals surface area contributed by atoms with Crippen LogP contribution in [0.5, 0.6) is 0 Å². The average Bonchev–Trinajstić information content (AvgIpc) is 2.62. The van der Waals surface area contributed by atoms with Crippen LogP contribution in [0.2, 0.25) is 0 Å². The van der Waals surface area contributed by atoms with Gasteiger partial charge in [-0.25, -0.2) is 4.79 Å². The summed E-state index contributed by atoms with van der Waals surface area (Å²) in [6.45, 7) is 2.17. The van der Waals surface area contributed by atoms with Gasteiger partial charge in [0.1, 0.15) is 0 Å². The third-order valence-electron chi connectivity index (χ3n) is 4.39. The van der Waals surface area contributed by atoms with Crippen molar-refractivity contribution in [3.05, 3.63) is 71.3 Å². The Balaban J connectivity index is 1.92. The lowest BCUT2D eigenvalue weighted by atomic mass is 10.0. The summed E-state index contributed by atoms with van der Waals surface area (Å²) in [5.74, 6) is -1.15. The van der Waals surface area contributed by atoms with Crippen molar-refractivity contribution in [1.82, 2.24) is 9.80 Å². The number of piperazine rings is 1. The number of hydrogen-bond donors (Lipinski definition) is 1. The number of amides is 1. The first-order chi connectivity index (χ1) is 11.6. The van der Waals surface area contributed by atoms with E-state index in [2.05, 4.69) is 4.90 Å². The van der Waals surface area contributed by atoms with Crippen LogP contribution < -0.4 is 0 Å². The van der Waals surface area contributed by atoms with E-state index in [0.717, 1.165) is 18.7 Å². The SMILES string of the molecule is CN1CCN(C(=O)c2cccc(C(=O)O)c2)C(c2ccccc2)C1. The molecule has 1 aliphatic rings. The van der Waals surface area contributed by atoms with Gasteiger partial charge in [-0.05, 0) is 30.8 Å². The summed E-state index contributed by atoms with van der Waals surface area (Å²) >= 11 is 0. The maximum atomic E-state index is 13.0. The lowest BCUT2D eigenvalue weighted by molar-refractivity contribution is 0.0498. The Hall–Kier alpha value is -2.66. The van der Waals surface area contributed by atoms with Crippen LogP contribution in [0.4, 0.5) is 0 Å². The highest BCUT2D eigenvalue weighted by molar-refractivity contribution is 5.97. The monoisotopic (exact) mass is 324 g/mol. The van der Waals surface area contributed by atoms with Crippen molar-refractivity contribution in [3.8, 4) is 0 Å². The standard InChI is InChI=1S/C19H20N2O3/c1-20-10-11-21(17(13-20)14-6-3-2-4-7-14)18(22)15-8-5-9-16(12-15)19(23)24/h2-9,12,17H,10-11,13H2,1H3,(H,23,24). The molecule has 0 bridgehead atoms. The van der Waals surface area contributed by atoms with Gasteiger partial charge in [-0.1, -0.05) is 36.4 Å². The Morgan fingerprint density at radius 1 is 1.00 bits per heavy atom. The molecule has 24 heavy (non-hydrogen) atoms. The van der Waals surface area contributed by atoms with Crippen LogP contribution in [0.1, 0.15) is 32.3 Å². The minimum atomic E-state index is -1.03. The van der Waals surface area contributed by atoms with Gasteiger partial charge < -0.3 is 14.9 Å². The Bertz CT molecular complexity index is 745. The van der Waals surface area contributed by atoms with Gasteiger partial charge in [0.2, 0.25) is 0 Å². The molecule has 2 aromatic rings. The van der Waals surface area contributed by atoms with E-state index < -0.39 is 5.97 Å². The van der Waals surface area contributed by atoms with E-state index in [4.69, 9.17) is 5.11 Å². The molecular formula is C19H20N2O3. The molecule has 0 radical (unpaired) electrons. The zero-order chi connectivity index (χ0) is 17.1. The van der Waals surface area contributed by atoms with Crippen molar-refractivity contribution in [3.63, 3.8) is 0 Å². The predicted molar refractivity (Wildman–Crippen MR) is 91.1 cm³/mol. The first kappa shape index (κ1) is 16.2. The van der Waals surface area contributed by atoms with Gasteiger partial charge in [-0.3, -0.25) is 4.79 Å². The third kappa shape index (κ3) is 3.31. The number of carboxylic acid groups (broad SMARTS) is 1. The Kier molecular flexibility index (Phi) is 4.62. The van der Waals surface area contributed by atoms with E-state index in [1.807, 2.05) is 42.3 Å². The second kappa shape index (κ2) is 6.84. The van der Waals surface area contributed by atoms with Gasteiger partial charge in [0.25, 0.3) is 5.91 Å². The van der Waals surface area contributed by atoms with E-state index in [1.54, 1.807) is 12.1 Å². The largest absolute Gasteiger partial charge is 0.478 e. The molecule has 1 aliphatic heterocycles. The average molecular weight is 324 g/mol. The molecule has 0 aromatic heterocycles. The first-order valence-electron chi connectivity index (χ1n) is 7.94. The van der Waals surface area contributed by atoms with Gasteiger partial charge in [-0.2, -0.15) is 0 Å². The number of nitrogens with zero attached hydrogens (tertiary/aromatic N) is 2.